The third-order valence-electron chi connectivity index (χ3n) is 2.86. The van der Waals surface area contributed by atoms with Crippen LogP contribution in [0.25, 0.3) is 0 Å². The van der Waals surface area contributed by atoms with Gasteiger partial charge in [0.05, 0.1) is 12.3 Å². The quantitative estimate of drug-likeness (QED) is 0.805. The Bertz CT molecular complexity index is 544. The van der Waals surface area contributed by atoms with Gasteiger partial charge in [0.2, 0.25) is 0 Å². The lowest BCUT2D eigenvalue weighted by Crippen LogP contribution is -2.01. The van der Waals surface area contributed by atoms with Gasteiger partial charge in [-0.1, -0.05) is 24.3 Å². The van der Waals surface area contributed by atoms with Crippen molar-refractivity contribution in [2.75, 3.05) is 5.32 Å². The molecule has 0 aliphatic heterocycles. The Morgan fingerprint density at radius 3 is 2.05 bits per heavy atom. The summed E-state index contributed by atoms with van der Waals surface area (Å²) in [5.74, 6) is 0. The molecule has 0 aliphatic carbocycles. The van der Waals surface area contributed by atoms with Crippen LogP contribution in [0.4, 0.5) is 5.69 Å². The van der Waals surface area contributed by atoms with Crippen molar-refractivity contribution in [3.05, 3.63) is 62.0 Å². The Balaban J connectivity index is 2.10. The first kappa shape index (κ1) is 14.6. The molecule has 0 bridgehead atoms. The van der Waals surface area contributed by atoms with Gasteiger partial charge < -0.3 is 10.4 Å². The van der Waals surface area contributed by atoms with Crippen molar-refractivity contribution in [2.45, 2.75) is 20.1 Å². The lowest BCUT2D eigenvalue weighted by Gasteiger charge is -2.12. The SMILES string of the molecule is Cc1cc(Br)c(NCc2ccc(CO)cc2)c(Br)c1. The van der Waals surface area contributed by atoms with Gasteiger partial charge in [0.25, 0.3) is 0 Å². The fraction of sp³-hybridized carbons (Fsp3) is 0.200. The van der Waals surface area contributed by atoms with Crippen molar-refractivity contribution in [3.63, 3.8) is 0 Å². The molecule has 0 saturated heterocycles. The molecule has 0 fully saturated rings. The largest absolute Gasteiger partial charge is 0.392 e. The van der Waals surface area contributed by atoms with Crippen molar-refractivity contribution >= 4 is 37.5 Å². The molecule has 0 radical (unpaired) electrons. The minimum absolute atomic E-state index is 0.0861. The highest BCUT2D eigenvalue weighted by atomic mass is 79.9. The Kier molecular flexibility index (Phi) is 5.02. The van der Waals surface area contributed by atoms with E-state index in [1.807, 2.05) is 24.3 Å². The number of hydrogen-bond donors (Lipinski definition) is 2. The van der Waals surface area contributed by atoms with Crippen LogP contribution in [0.15, 0.2) is 45.3 Å². The summed E-state index contributed by atoms with van der Waals surface area (Å²) in [5.41, 5.74) is 4.37. The molecular formula is C15H15Br2NO. The average Bonchev–Trinajstić information content (AvgIpc) is 2.38. The smallest absolute Gasteiger partial charge is 0.0681 e. The highest BCUT2D eigenvalue weighted by Gasteiger charge is 2.05. The second-order valence-electron chi connectivity index (χ2n) is 4.43. The molecule has 0 amide bonds. The zero-order valence-electron chi connectivity index (χ0n) is 10.6. The molecule has 0 atom stereocenters. The highest BCUT2D eigenvalue weighted by Crippen LogP contribution is 2.32. The maximum Gasteiger partial charge on any atom is 0.0681 e. The first-order valence-corrected chi connectivity index (χ1v) is 7.57. The highest BCUT2D eigenvalue weighted by molar-refractivity contribution is 9.11. The van der Waals surface area contributed by atoms with Gasteiger partial charge >= 0.3 is 0 Å². The van der Waals surface area contributed by atoms with Crippen molar-refractivity contribution in [1.29, 1.82) is 0 Å². The van der Waals surface area contributed by atoms with E-state index in [1.54, 1.807) is 0 Å². The second-order valence-corrected chi connectivity index (χ2v) is 6.14. The van der Waals surface area contributed by atoms with Crippen LogP contribution < -0.4 is 5.32 Å². The summed E-state index contributed by atoms with van der Waals surface area (Å²) in [4.78, 5) is 0. The molecule has 0 spiro atoms. The minimum Gasteiger partial charge on any atom is -0.392 e. The monoisotopic (exact) mass is 383 g/mol. The zero-order valence-corrected chi connectivity index (χ0v) is 13.8. The molecule has 100 valence electrons. The molecule has 0 aromatic heterocycles. The van der Waals surface area contributed by atoms with Crippen molar-refractivity contribution in [1.82, 2.24) is 0 Å². The number of rotatable bonds is 4. The van der Waals surface area contributed by atoms with E-state index in [1.165, 1.54) is 11.1 Å². The van der Waals surface area contributed by atoms with E-state index in [0.717, 1.165) is 26.7 Å². The first-order valence-electron chi connectivity index (χ1n) is 5.98. The Morgan fingerprint density at radius 1 is 1.00 bits per heavy atom. The minimum atomic E-state index is 0.0861. The van der Waals surface area contributed by atoms with Crippen LogP contribution in [0.5, 0.6) is 0 Å². The summed E-state index contributed by atoms with van der Waals surface area (Å²) < 4.78 is 2.10. The lowest BCUT2D eigenvalue weighted by atomic mass is 10.1. The van der Waals surface area contributed by atoms with Gasteiger partial charge in [0.15, 0.2) is 0 Å². The van der Waals surface area contributed by atoms with Gasteiger partial charge in [0, 0.05) is 15.5 Å². The molecule has 2 rings (SSSR count). The molecule has 2 N–H and O–H groups in total. The summed E-state index contributed by atoms with van der Waals surface area (Å²) in [6.07, 6.45) is 0. The van der Waals surface area contributed by atoms with Gasteiger partial charge in [0.1, 0.15) is 0 Å². The predicted octanol–water partition coefficient (Wildman–Crippen LogP) is 4.62. The van der Waals surface area contributed by atoms with Gasteiger partial charge in [-0.2, -0.15) is 0 Å². The zero-order chi connectivity index (χ0) is 13.8. The molecule has 0 aliphatic rings. The fourth-order valence-electron chi connectivity index (χ4n) is 1.82. The van der Waals surface area contributed by atoms with E-state index in [4.69, 9.17) is 5.11 Å². The van der Waals surface area contributed by atoms with E-state index >= 15 is 0 Å². The van der Waals surface area contributed by atoms with Gasteiger partial charge in [-0.05, 0) is 67.6 Å². The number of hydrogen-bond acceptors (Lipinski definition) is 2. The molecule has 2 nitrogen and oxygen atoms in total. The predicted molar refractivity (Wildman–Crippen MR) is 86.3 cm³/mol. The van der Waals surface area contributed by atoms with Crippen molar-refractivity contribution in [2.24, 2.45) is 0 Å². The third-order valence-corrected chi connectivity index (χ3v) is 4.11. The number of aliphatic hydroxyl groups is 1. The van der Waals surface area contributed by atoms with Crippen LogP contribution in [0.2, 0.25) is 0 Å². The van der Waals surface area contributed by atoms with Gasteiger partial charge in [-0.25, -0.2) is 0 Å². The molecule has 19 heavy (non-hydrogen) atoms. The topological polar surface area (TPSA) is 32.3 Å². The van der Waals surface area contributed by atoms with Crippen LogP contribution in [-0.2, 0) is 13.2 Å². The summed E-state index contributed by atoms with van der Waals surface area (Å²) in [6.45, 7) is 2.89. The summed E-state index contributed by atoms with van der Waals surface area (Å²) >= 11 is 7.14. The number of nitrogens with one attached hydrogen (secondary N) is 1. The van der Waals surface area contributed by atoms with Crippen LogP contribution >= 0.6 is 31.9 Å². The van der Waals surface area contributed by atoms with E-state index in [9.17, 15) is 0 Å². The fourth-order valence-corrected chi connectivity index (χ4v) is 3.52. The molecule has 4 heteroatoms. The van der Waals surface area contributed by atoms with Crippen molar-refractivity contribution < 1.29 is 5.11 Å². The standard InChI is InChI=1S/C15H15Br2NO/c1-10-6-13(16)15(14(17)7-10)18-8-11-2-4-12(9-19)5-3-11/h2-7,18-19H,8-9H2,1H3. The lowest BCUT2D eigenvalue weighted by molar-refractivity contribution is 0.282. The van der Waals surface area contributed by atoms with Gasteiger partial charge in [-0.15, -0.1) is 0 Å². The number of anilines is 1. The van der Waals surface area contributed by atoms with Crippen molar-refractivity contribution in [3.8, 4) is 0 Å². The Labute approximate surface area is 130 Å². The first-order chi connectivity index (χ1) is 9.10. The molecule has 0 heterocycles. The molecule has 2 aromatic rings. The van der Waals surface area contributed by atoms with Gasteiger partial charge in [-0.3, -0.25) is 0 Å². The average molecular weight is 385 g/mol. The van der Waals surface area contributed by atoms with Crippen LogP contribution in [0.1, 0.15) is 16.7 Å². The van der Waals surface area contributed by atoms with Crippen LogP contribution in [-0.4, -0.2) is 5.11 Å². The van der Waals surface area contributed by atoms with Crippen LogP contribution in [0.3, 0.4) is 0 Å². The van der Waals surface area contributed by atoms with E-state index in [-0.39, 0.29) is 6.61 Å². The number of benzene rings is 2. The normalized spacial score (nSPS) is 10.5. The van der Waals surface area contributed by atoms with E-state index in [2.05, 4.69) is 56.2 Å². The maximum atomic E-state index is 9.01. The molecule has 2 aromatic carbocycles. The third kappa shape index (κ3) is 3.81. The van der Waals surface area contributed by atoms with E-state index < -0.39 is 0 Å². The Morgan fingerprint density at radius 2 is 1.53 bits per heavy atom. The second kappa shape index (κ2) is 6.55. The summed E-state index contributed by atoms with van der Waals surface area (Å²) in [7, 11) is 0. The van der Waals surface area contributed by atoms with E-state index in [0.29, 0.717) is 0 Å². The number of halogens is 2. The molecular weight excluding hydrogens is 370 g/mol. The Hall–Kier alpha value is -0.840. The van der Waals surface area contributed by atoms with Crippen LogP contribution in [0, 0.1) is 6.92 Å². The molecule has 0 saturated carbocycles. The number of aliphatic hydroxyl groups excluding tert-OH is 1. The molecule has 0 unspecified atom stereocenters. The number of aryl methyl sites for hydroxylation is 1. The maximum absolute atomic E-state index is 9.01. The summed E-state index contributed by atoms with van der Waals surface area (Å²) in [6, 6.07) is 12.1. The summed E-state index contributed by atoms with van der Waals surface area (Å²) in [5, 5.41) is 12.4.